The molecule has 0 aliphatic heterocycles. The van der Waals surface area contributed by atoms with Crippen molar-refractivity contribution in [2.75, 3.05) is 0 Å². The monoisotopic (exact) mass is 435 g/mol. The zero-order chi connectivity index (χ0) is 22.5. The first-order valence-corrected chi connectivity index (χ1v) is 11.1. The van der Waals surface area contributed by atoms with Crippen molar-refractivity contribution in [1.82, 2.24) is 24.5 Å². The second-order valence-electron chi connectivity index (χ2n) is 9.10. The van der Waals surface area contributed by atoms with Crippen LogP contribution in [0.4, 0.5) is 8.78 Å². The molecule has 5 nitrogen and oxygen atoms in total. The Balaban J connectivity index is 1.60. The highest BCUT2D eigenvalue weighted by atomic mass is 19.3. The molecule has 1 aliphatic rings. The third kappa shape index (κ3) is 3.80. The molecule has 32 heavy (non-hydrogen) atoms. The molecule has 0 amide bonds. The van der Waals surface area contributed by atoms with Crippen molar-refractivity contribution in [3.05, 3.63) is 54.0 Å². The number of pyridine rings is 1. The maximum absolute atomic E-state index is 13.7. The van der Waals surface area contributed by atoms with Crippen LogP contribution in [0, 0.1) is 19.8 Å². The van der Waals surface area contributed by atoms with Gasteiger partial charge < -0.3 is 4.57 Å². The third-order valence-electron chi connectivity index (χ3n) is 6.64. The van der Waals surface area contributed by atoms with Crippen LogP contribution in [0.3, 0.4) is 0 Å². The molecule has 7 heteroatoms. The Morgan fingerprint density at radius 3 is 2.44 bits per heavy atom. The highest BCUT2D eigenvalue weighted by Crippen LogP contribution is 2.38. The van der Waals surface area contributed by atoms with Gasteiger partial charge in [0, 0.05) is 50.0 Å². The normalized spacial score (nSPS) is 16.7. The Morgan fingerprint density at radius 1 is 1.06 bits per heavy atom. The summed E-state index contributed by atoms with van der Waals surface area (Å²) in [4.78, 5) is 4.85. The predicted octanol–water partition coefficient (Wildman–Crippen LogP) is 5.94. The molecule has 4 aromatic rings. The molecule has 166 valence electrons. The summed E-state index contributed by atoms with van der Waals surface area (Å²) in [6.45, 7) is 4.72. The number of aromatic nitrogens is 5. The molecule has 0 saturated heterocycles. The molecular formula is C25H27F2N5. The highest BCUT2D eigenvalue weighted by molar-refractivity contribution is 5.94. The summed E-state index contributed by atoms with van der Waals surface area (Å²) >= 11 is 0. The number of fused-ring (bicyclic) bond motifs is 1. The number of aryl methyl sites for hydroxylation is 3. The van der Waals surface area contributed by atoms with Gasteiger partial charge in [0.2, 0.25) is 5.92 Å². The molecule has 0 bridgehead atoms. The Kier molecular flexibility index (Phi) is 5.07. The molecule has 0 N–H and O–H groups in total. The third-order valence-corrected chi connectivity index (χ3v) is 6.64. The van der Waals surface area contributed by atoms with Crippen LogP contribution in [0.5, 0.6) is 0 Å². The van der Waals surface area contributed by atoms with E-state index in [1.807, 2.05) is 20.2 Å². The summed E-state index contributed by atoms with van der Waals surface area (Å²) in [6.07, 6.45) is 5.05. The number of benzene rings is 1. The van der Waals surface area contributed by atoms with E-state index in [0.717, 1.165) is 39.1 Å². The second-order valence-corrected chi connectivity index (χ2v) is 9.10. The first kappa shape index (κ1) is 20.8. The van der Waals surface area contributed by atoms with Gasteiger partial charge >= 0.3 is 0 Å². The second kappa shape index (κ2) is 7.80. The Morgan fingerprint density at radius 2 is 1.78 bits per heavy atom. The maximum atomic E-state index is 13.7. The summed E-state index contributed by atoms with van der Waals surface area (Å²) in [7, 11) is 1.87. The van der Waals surface area contributed by atoms with E-state index >= 15 is 0 Å². The lowest BCUT2D eigenvalue weighted by Gasteiger charge is -2.28. The van der Waals surface area contributed by atoms with Crippen LogP contribution in [0.25, 0.3) is 33.4 Å². The van der Waals surface area contributed by atoms with Crippen LogP contribution < -0.4 is 0 Å². The number of rotatable bonds is 4. The zero-order valence-electron chi connectivity index (χ0n) is 18.6. The van der Waals surface area contributed by atoms with E-state index in [4.69, 9.17) is 4.98 Å². The fourth-order valence-corrected chi connectivity index (χ4v) is 4.81. The van der Waals surface area contributed by atoms with Gasteiger partial charge in [0.25, 0.3) is 0 Å². The van der Waals surface area contributed by atoms with Crippen LogP contribution >= 0.6 is 0 Å². The van der Waals surface area contributed by atoms with Crippen molar-refractivity contribution in [2.24, 2.45) is 13.0 Å². The van der Waals surface area contributed by atoms with Crippen molar-refractivity contribution in [3.8, 4) is 22.4 Å². The van der Waals surface area contributed by atoms with Gasteiger partial charge in [-0.15, -0.1) is 5.10 Å². The average Bonchev–Trinajstić information content (AvgIpc) is 3.29. The van der Waals surface area contributed by atoms with Gasteiger partial charge in [-0.1, -0.05) is 35.0 Å². The number of nitrogens with zero attached hydrogens (tertiary/aromatic N) is 5. The van der Waals surface area contributed by atoms with E-state index in [9.17, 15) is 8.78 Å². The maximum Gasteiger partial charge on any atom is 0.248 e. The minimum Gasteiger partial charge on any atom is -0.345 e. The predicted molar refractivity (Wildman–Crippen MR) is 122 cm³/mol. The largest absolute Gasteiger partial charge is 0.345 e. The Labute approximate surface area is 186 Å². The van der Waals surface area contributed by atoms with Gasteiger partial charge in [-0.3, -0.25) is 4.98 Å². The minimum atomic E-state index is -2.51. The van der Waals surface area contributed by atoms with Crippen LogP contribution in [0.2, 0.25) is 0 Å². The molecule has 0 atom stereocenters. The molecule has 1 aromatic carbocycles. The van der Waals surface area contributed by atoms with E-state index in [-0.39, 0.29) is 18.8 Å². The van der Waals surface area contributed by atoms with Gasteiger partial charge in [-0.2, -0.15) is 0 Å². The smallest absolute Gasteiger partial charge is 0.248 e. The standard InChI is InChI=1S/C25H27F2N5/c1-16-4-6-19(7-5-16)21-15-32(14-18-8-10-25(26,27)11-9-18)22-12-20(13-28-23(21)22)24-17(2)29-30-31(24)3/h4-7,12-13,15,18H,8-11,14H2,1-3H3. The number of hydrogen-bond acceptors (Lipinski definition) is 3. The van der Waals surface area contributed by atoms with E-state index in [0.29, 0.717) is 19.4 Å². The first-order chi connectivity index (χ1) is 15.3. The van der Waals surface area contributed by atoms with E-state index in [1.165, 1.54) is 5.56 Å². The van der Waals surface area contributed by atoms with Crippen molar-refractivity contribution in [1.29, 1.82) is 0 Å². The van der Waals surface area contributed by atoms with Crippen LogP contribution in [0.15, 0.2) is 42.7 Å². The Bertz CT molecular complexity index is 1240. The highest BCUT2D eigenvalue weighted by Gasteiger charge is 2.35. The SMILES string of the molecule is Cc1ccc(-c2cn(CC3CCC(F)(F)CC3)c3cc(-c4c(C)nnn4C)cnc23)cc1. The Hall–Kier alpha value is -3.09. The van der Waals surface area contributed by atoms with Gasteiger partial charge in [0.1, 0.15) is 0 Å². The minimum absolute atomic E-state index is 0.0227. The summed E-state index contributed by atoms with van der Waals surface area (Å²) in [5, 5.41) is 8.29. The topological polar surface area (TPSA) is 48.5 Å². The quantitative estimate of drug-likeness (QED) is 0.398. The van der Waals surface area contributed by atoms with Gasteiger partial charge in [-0.05, 0) is 44.2 Å². The molecule has 1 saturated carbocycles. The summed E-state index contributed by atoms with van der Waals surface area (Å²) in [5.74, 6) is -2.28. The molecule has 5 rings (SSSR count). The fourth-order valence-electron chi connectivity index (χ4n) is 4.81. The summed E-state index contributed by atoms with van der Waals surface area (Å²) in [5.41, 5.74) is 8.03. The van der Waals surface area contributed by atoms with E-state index in [1.54, 1.807) is 4.68 Å². The lowest BCUT2D eigenvalue weighted by atomic mass is 9.87. The molecule has 3 heterocycles. The lowest BCUT2D eigenvalue weighted by Crippen LogP contribution is -2.26. The average molecular weight is 436 g/mol. The van der Waals surface area contributed by atoms with Crippen molar-refractivity contribution >= 4 is 11.0 Å². The lowest BCUT2D eigenvalue weighted by molar-refractivity contribution is -0.0472. The molecule has 0 radical (unpaired) electrons. The van der Waals surface area contributed by atoms with Crippen LogP contribution in [0.1, 0.15) is 36.9 Å². The molecule has 1 aliphatic carbocycles. The summed E-state index contributed by atoms with van der Waals surface area (Å²) in [6, 6.07) is 10.5. The van der Waals surface area contributed by atoms with Crippen LogP contribution in [-0.2, 0) is 13.6 Å². The van der Waals surface area contributed by atoms with Gasteiger partial charge in [0.05, 0.1) is 22.4 Å². The fraction of sp³-hybridized carbons (Fsp3) is 0.400. The molecule has 0 unspecified atom stereocenters. The van der Waals surface area contributed by atoms with Gasteiger partial charge in [0.15, 0.2) is 0 Å². The number of alkyl halides is 2. The molecular weight excluding hydrogens is 408 g/mol. The van der Waals surface area contributed by atoms with Crippen molar-refractivity contribution < 1.29 is 8.78 Å². The molecule has 1 fully saturated rings. The van der Waals surface area contributed by atoms with E-state index < -0.39 is 5.92 Å². The van der Waals surface area contributed by atoms with Crippen molar-refractivity contribution in [3.63, 3.8) is 0 Å². The summed E-state index contributed by atoms with van der Waals surface area (Å²) < 4.78 is 31.3. The van der Waals surface area contributed by atoms with E-state index in [2.05, 4.69) is 58.3 Å². The van der Waals surface area contributed by atoms with Crippen molar-refractivity contribution in [2.45, 2.75) is 52.0 Å². The molecule has 0 spiro atoms. The first-order valence-electron chi connectivity index (χ1n) is 11.1. The number of halogens is 2. The molecule has 3 aromatic heterocycles. The number of hydrogen-bond donors (Lipinski definition) is 0. The zero-order valence-corrected chi connectivity index (χ0v) is 18.6. The van der Waals surface area contributed by atoms with Gasteiger partial charge in [-0.25, -0.2) is 13.5 Å². The van der Waals surface area contributed by atoms with Crippen LogP contribution in [-0.4, -0.2) is 30.5 Å².